The molecule has 0 aliphatic carbocycles. The number of aryl methyl sites for hydroxylation is 1. The summed E-state index contributed by atoms with van der Waals surface area (Å²) in [6, 6.07) is 4.18. The highest BCUT2D eigenvalue weighted by Crippen LogP contribution is 2.33. The van der Waals surface area contributed by atoms with Crippen LogP contribution in [0.15, 0.2) is 18.2 Å². The molecule has 0 N–H and O–H groups in total. The van der Waals surface area contributed by atoms with Gasteiger partial charge in [0.25, 0.3) is 0 Å². The minimum absolute atomic E-state index is 0.142. The lowest BCUT2D eigenvalue weighted by atomic mass is 9.90. The largest absolute Gasteiger partial charge is 0.416 e. The first-order valence-electron chi connectivity index (χ1n) is 8.25. The number of rotatable bonds is 8. The van der Waals surface area contributed by atoms with E-state index in [-0.39, 0.29) is 5.92 Å². The second kappa shape index (κ2) is 8.56. The van der Waals surface area contributed by atoms with Crippen molar-refractivity contribution < 1.29 is 13.2 Å². The summed E-state index contributed by atoms with van der Waals surface area (Å²) < 4.78 is 38.8. The van der Waals surface area contributed by atoms with E-state index in [4.69, 9.17) is 0 Å². The maximum atomic E-state index is 12.9. The maximum Gasteiger partial charge on any atom is 0.416 e. The van der Waals surface area contributed by atoms with Gasteiger partial charge in [0.15, 0.2) is 0 Å². The van der Waals surface area contributed by atoms with Crippen molar-refractivity contribution in [2.24, 2.45) is 0 Å². The van der Waals surface area contributed by atoms with Crippen LogP contribution in [0.2, 0.25) is 0 Å². The third-order valence-electron chi connectivity index (χ3n) is 4.25. The molecule has 0 aliphatic heterocycles. The smallest absolute Gasteiger partial charge is 0.304 e. The number of nitrogens with zero attached hydrogens (tertiary/aromatic N) is 1. The molecule has 0 spiro atoms. The van der Waals surface area contributed by atoms with Crippen LogP contribution in [0, 0.1) is 0 Å². The SMILES string of the molecule is CCCN(CC)CCC(C)c1cc(C(F)(F)F)ccc1CC. The minimum Gasteiger partial charge on any atom is -0.304 e. The molecule has 0 aliphatic rings. The van der Waals surface area contributed by atoms with Crippen LogP contribution in [0.5, 0.6) is 0 Å². The van der Waals surface area contributed by atoms with Crippen LogP contribution >= 0.6 is 0 Å². The van der Waals surface area contributed by atoms with E-state index in [9.17, 15) is 13.2 Å². The molecule has 0 fully saturated rings. The van der Waals surface area contributed by atoms with Gasteiger partial charge in [-0.05, 0) is 68.1 Å². The average molecular weight is 315 g/mol. The van der Waals surface area contributed by atoms with Gasteiger partial charge >= 0.3 is 6.18 Å². The first kappa shape index (κ1) is 19.0. The van der Waals surface area contributed by atoms with Crippen LogP contribution in [-0.2, 0) is 12.6 Å². The molecule has 4 heteroatoms. The van der Waals surface area contributed by atoms with E-state index in [1.54, 1.807) is 6.07 Å². The standard InChI is InChI=1S/C18H28F3N/c1-5-11-22(7-3)12-10-14(4)17-13-16(18(19,20)21)9-8-15(17)6-2/h8-9,13-14H,5-7,10-12H2,1-4H3. The number of hydrogen-bond donors (Lipinski definition) is 0. The van der Waals surface area contributed by atoms with Crippen molar-refractivity contribution in [3.8, 4) is 0 Å². The molecule has 0 bridgehead atoms. The van der Waals surface area contributed by atoms with Gasteiger partial charge in [0.1, 0.15) is 0 Å². The summed E-state index contributed by atoms with van der Waals surface area (Å²) in [7, 11) is 0. The third kappa shape index (κ3) is 5.31. The summed E-state index contributed by atoms with van der Waals surface area (Å²) >= 11 is 0. The van der Waals surface area contributed by atoms with Gasteiger partial charge in [0.05, 0.1) is 5.56 Å². The lowest BCUT2D eigenvalue weighted by Crippen LogP contribution is -2.26. The summed E-state index contributed by atoms with van der Waals surface area (Å²) in [6.07, 6.45) is -1.50. The fraction of sp³-hybridized carbons (Fsp3) is 0.667. The normalized spacial score (nSPS) is 13.6. The lowest BCUT2D eigenvalue weighted by Gasteiger charge is -2.23. The van der Waals surface area contributed by atoms with Gasteiger partial charge in [0.2, 0.25) is 0 Å². The van der Waals surface area contributed by atoms with Crippen LogP contribution < -0.4 is 0 Å². The molecule has 1 rings (SSSR count). The van der Waals surface area contributed by atoms with Gasteiger partial charge in [0, 0.05) is 0 Å². The van der Waals surface area contributed by atoms with Crippen LogP contribution in [0.3, 0.4) is 0 Å². The third-order valence-corrected chi connectivity index (χ3v) is 4.25. The van der Waals surface area contributed by atoms with Crippen molar-refractivity contribution in [2.45, 2.75) is 59.1 Å². The Balaban J connectivity index is 2.88. The Morgan fingerprint density at radius 1 is 1.09 bits per heavy atom. The average Bonchev–Trinajstić information content (AvgIpc) is 2.49. The zero-order chi connectivity index (χ0) is 16.8. The van der Waals surface area contributed by atoms with Crippen molar-refractivity contribution >= 4 is 0 Å². The van der Waals surface area contributed by atoms with Crippen LogP contribution in [0.25, 0.3) is 0 Å². The van der Waals surface area contributed by atoms with E-state index in [0.717, 1.165) is 50.0 Å². The Bertz CT molecular complexity index is 454. The molecule has 1 aromatic carbocycles. The number of alkyl halides is 3. The second-order valence-corrected chi connectivity index (χ2v) is 5.89. The van der Waals surface area contributed by atoms with Crippen molar-refractivity contribution in [1.29, 1.82) is 0 Å². The van der Waals surface area contributed by atoms with Crippen LogP contribution in [-0.4, -0.2) is 24.5 Å². The van der Waals surface area contributed by atoms with Crippen LogP contribution in [0.1, 0.15) is 63.1 Å². The first-order valence-corrected chi connectivity index (χ1v) is 8.25. The topological polar surface area (TPSA) is 3.24 Å². The predicted octanol–water partition coefficient (Wildman–Crippen LogP) is 5.49. The molecule has 0 heterocycles. The Morgan fingerprint density at radius 2 is 1.77 bits per heavy atom. The molecular formula is C18H28F3N. The molecule has 1 atom stereocenters. The Morgan fingerprint density at radius 3 is 2.27 bits per heavy atom. The van der Waals surface area contributed by atoms with Gasteiger partial charge in [-0.1, -0.05) is 33.8 Å². The summed E-state index contributed by atoms with van der Waals surface area (Å²) in [4.78, 5) is 2.36. The molecule has 0 saturated carbocycles. The molecule has 1 aromatic rings. The zero-order valence-electron chi connectivity index (χ0n) is 14.1. The highest BCUT2D eigenvalue weighted by Gasteiger charge is 2.31. The van der Waals surface area contributed by atoms with E-state index in [0.29, 0.717) is 0 Å². The Labute approximate surface area is 132 Å². The molecule has 0 aromatic heterocycles. The molecule has 1 unspecified atom stereocenters. The Hall–Kier alpha value is -1.03. The summed E-state index contributed by atoms with van der Waals surface area (Å²) in [5.74, 6) is 0.142. The van der Waals surface area contributed by atoms with Crippen molar-refractivity contribution in [2.75, 3.05) is 19.6 Å². The highest BCUT2D eigenvalue weighted by molar-refractivity contribution is 5.35. The van der Waals surface area contributed by atoms with E-state index >= 15 is 0 Å². The molecular weight excluding hydrogens is 287 g/mol. The quantitative estimate of drug-likeness (QED) is 0.613. The molecule has 0 radical (unpaired) electrons. The van der Waals surface area contributed by atoms with Crippen molar-refractivity contribution in [3.63, 3.8) is 0 Å². The molecule has 0 amide bonds. The number of hydrogen-bond acceptors (Lipinski definition) is 1. The summed E-state index contributed by atoms with van der Waals surface area (Å²) in [6.45, 7) is 11.3. The first-order chi connectivity index (χ1) is 10.3. The Kier molecular flexibility index (Phi) is 7.40. The van der Waals surface area contributed by atoms with Gasteiger partial charge in [-0.3, -0.25) is 0 Å². The molecule has 0 saturated heterocycles. The van der Waals surface area contributed by atoms with Gasteiger partial charge in [-0.2, -0.15) is 13.2 Å². The van der Waals surface area contributed by atoms with Crippen molar-refractivity contribution in [1.82, 2.24) is 4.90 Å². The zero-order valence-corrected chi connectivity index (χ0v) is 14.1. The van der Waals surface area contributed by atoms with E-state index in [2.05, 4.69) is 18.7 Å². The van der Waals surface area contributed by atoms with E-state index in [1.807, 2.05) is 13.8 Å². The minimum atomic E-state index is -4.27. The summed E-state index contributed by atoms with van der Waals surface area (Å²) in [5.41, 5.74) is 1.34. The van der Waals surface area contributed by atoms with Gasteiger partial charge in [-0.25, -0.2) is 0 Å². The molecule has 126 valence electrons. The number of halogens is 3. The monoisotopic (exact) mass is 315 g/mol. The number of benzene rings is 1. The molecule has 22 heavy (non-hydrogen) atoms. The fourth-order valence-electron chi connectivity index (χ4n) is 2.83. The fourth-order valence-corrected chi connectivity index (χ4v) is 2.83. The second-order valence-electron chi connectivity index (χ2n) is 5.89. The van der Waals surface area contributed by atoms with Gasteiger partial charge < -0.3 is 4.90 Å². The van der Waals surface area contributed by atoms with Crippen LogP contribution in [0.4, 0.5) is 13.2 Å². The van der Waals surface area contributed by atoms with Gasteiger partial charge in [-0.15, -0.1) is 0 Å². The maximum absolute atomic E-state index is 12.9. The predicted molar refractivity (Wildman–Crippen MR) is 86.3 cm³/mol. The lowest BCUT2D eigenvalue weighted by molar-refractivity contribution is -0.137. The van der Waals surface area contributed by atoms with E-state index < -0.39 is 11.7 Å². The molecule has 1 nitrogen and oxygen atoms in total. The highest BCUT2D eigenvalue weighted by atomic mass is 19.4. The van der Waals surface area contributed by atoms with E-state index in [1.165, 1.54) is 12.1 Å². The summed E-state index contributed by atoms with van der Waals surface area (Å²) in [5, 5.41) is 0. The van der Waals surface area contributed by atoms with Crippen molar-refractivity contribution in [3.05, 3.63) is 34.9 Å².